The molecule has 148 valence electrons. The molecule has 2 rings (SSSR count). The second kappa shape index (κ2) is 10.1. The van der Waals surface area contributed by atoms with E-state index in [9.17, 15) is 14.0 Å². The highest BCUT2D eigenvalue weighted by Crippen LogP contribution is 2.13. The van der Waals surface area contributed by atoms with Crippen LogP contribution in [0.2, 0.25) is 0 Å². The van der Waals surface area contributed by atoms with Gasteiger partial charge in [-0.1, -0.05) is 0 Å². The van der Waals surface area contributed by atoms with Gasteiger partial charge in [0.2, 0.25) is 0 Å². The molecule has 2 amide bonds. The Morgan fingerprint density at radius 2 is 1.71 bits per heavy atom. The average Bonchev–Trinajstić information content (AvgIpc) is 2.70. The zero-order chi connectivity index (χ0) is 20.5. The second-order valence-electron chi connectivity index (χ2n) is 6.19. The van der Waals surface area contributed by atoms with Crippen LogP contribution in [-0.4, -0.2) is 49.7 Å². The number of amides is 2. The smallest absolute Gasteiger partial charge is 0.259 e. The van der Waals surface area contributed by atoms with Crippen molar-refractivity contribution in [3.05, 3.63) is 59.9 Å². The van der Waals surface area contributed by atoms with Crippen LogP contribution in [0.3, 0.4) is 0 Å². The third-order valence-electron chi connectivity index (χ3n) is 3.78. The Bertz CT molecular complexity index is 834. The number of hydrogen-bond donors (Lipinski definition) is 2. The molecular weight excluding hydrogens is 363 g/mol. The summed E-state index contributed by atoms with van der Waals surface area (Å²) in [6.07, 6.45) is 0. The molecule has 7 nitrogen and oxygen atoms in total. The van der Waals surface area contributed by atoms with Crippen LogP contribution in [0.25, 0.3) is 0 Å². The minimum atomic E-state index is -0.337. The number of hydrogen-bond acceptors (Lipinski definition) is 5. The summed E-state index contributed by atoms with van der Waals surface area (Å²) < 4.78 is 18.3. The number of hydrazone groups is 1. The number of likely N-dealkylation sites (N-methyl/N-ethyl adjacent to an activating group) is 1. The van der Waals surface area contributed by atoms with E-state index in [1.165, 1.54) is 17.0 Å². The lowest BCUT2D eigenvalue weighted by Gasteiger charge is -2.11. The summed E-state index contributed by atoms with van der Waals surface area (Å²) in [6, 6.07) is 12.8. The molecule has 0 saturated carbocycles. The first-order chi connectivity index (χ1) is 13.3. The number of nitrogens with zero attached hydrogens (tertiary/aromatic N) is 2. The summed E-state index contributed by atoms with van der Waals surface area (Å²) in [5.41, 5.74) is 4.52. The minimum absolute atomic E-state index is 0.00902. The molecule has 0 aromatic heterocycles. The summed E-state index contributed by atoms with van der Waals surface area (Å²) in [4.78, 5) is 24.8. The molecule has 2 N–H and O–H groups in total. The van der Waals surface area contributed by atoms with Crippen LogP contribution in [-0.2, 0) is 9.59 Å². The van der Waals surface area contributed by atoms with E-state index in [1.807, 2.05) is 0 Å². The molecule has 2 aromatic carbocycles. The van der Waals surface area contributed by atoms with Crippen LogP contribution in [0.4, 0.5) is 10.1 Å². The maximum absolute atomic E-state index is 12.8. The van der Waals surface area contributed by atoms with Gasteiger partial charge in [-0.05, 0) is 61.0 Å². The molecule has 28 heavy (non-hydrogen) atoms. The first kappa shape index (κ1) is 20.9. The lowest BCUT2D eigenvalue weighted by atomic mass is 10.1. The summed E-state index contributed by atoms with van der Waals surface area (Å²) >= 11 is 0. The molecule has 0 aliphatic heterocycles. The summed E-state index contributed by atoms with van der Waals surface area (Å²) in [7, 11) is 3.33. The van der Waals surface area contributed by atoms with Crippen molar-refractivity contribution < 1.29 is 18.7 Å². The zero-order valence-electron chi connectivity index (χ0n) is 16.0. The summed E-state index contributed by atoms with van der Waals surface area (Å²) in [5.74, 6) is -0.222. The maximum Gasteiger partial charge on any atom is 0.259 e. The van der Waals surface area contributed by atoms with Gasteiger partial charge in [0.05, 0.1) is 12.3 Å². The number of rotatable bonds is 8. The van der Waals surface area contributed by atoms with Crippen molar-refractivity contribution in [1.82, 2.24) is 10.3 Å². The third kappa shape index (κ3) is 6.71. The predicted octanol–water partition coefficient (Wildman–Crippen LogP) is 2.25. The van der Waals surface area contributed by atoms with Crippen LogP contribution in [0, 0.1) is 5.82 Å². The Morgan fingerprint density at radius 1 is 1.07 bits per heavy atom. The molecule has 0 atom stereocenters. The van der Waals surface area contributed by atoms with Gasteiger partial charge in [0.25, 0.3) is 11.8 Å². The number of anilines is 1. The lowest BCUT2D eigenvalue weighted by Crippen LogP contribution is -2.27. The molecular formula is C20H23FN4O3. The van der Waals surface area contributed by atoms with E-state index in [4.69, 9.17) is 4.74 Å². The van der Waals surface area contributed by atoms with E-state index >= 15 is 0 Å². The third-order valence-corrected chi connectivity index (χ3v) is 3.78. The van der Waals surface area contributed by atoms with Gasteiger partial charge >= 0.3 is 0 Å². The topological polar surface area (TPSA) is 83.0 Å². The van der Waals surface area contributed by atoms with E-state index in [2.05, 4.69) is 15.8 Å². The van der Waals surface area contributed by atoms with Crippen LogP contribution in [0.15, 0.2) is 53.6 Å². The van der Waals surface area contributed by atoms with Crippen LogP contribution >= 0.6 is 0 Å². The molecule has 0 unspecified atom stereocenters. The normalized spacial score (nSPS) is 10.9. The van der Waals surface area contributed by atoms with Crippen molar-refractivity contribution in [2.24, 2.45) is 5.10 Å². The van der Waals surface area contributed by atoms with E-state index in [0.29, 0.717) is 17.1 Å². The number of halogens is 1. The van der Waals surface area contributed by atoms with Crippen LogP contribution in [0.1, 0.15) is 12.5 Å². The van der Waals surface area contributed by atoms with Gasteiger partial charge in [-0.25, -0.2) is 9.82 Å². The minimum Gasteiger partial charge on any atom is -0.484 e. The summed E-state index contributed by atoms with van der Waals surface area (Å²) in [5, 5.41) is 6.94. The molecule has 0 aliphatic rings. The molecule has 0 bridgehead atoms. The summed E-state index contributed by atoms with van der Waals surface area (Å²) in [6.45, 7) is 1.74. The van der Waals surface area contributed by atoms with Crippen molar-refractivity contribution in [3.63, 3.8) is 0 Å². The largest absolute Gasteiger partial charge is 0.484 e. The van der Waals surface area contributed by atoms with Crippen LogP contribution in [0.5, 0.6) is 5.75 Å². The van der Waals surface area contributed by atoms with Gasteiger partial charge in [0, 0.05) is 19.8 Å². The highest BCUT2D eigenvalue weighted by molar-refractivity contribution is 5.99. The first-order valence-corrected chi connectivity index (χ1v) is 8.61. The molecule has 0 heterocycles. The van der Waals surface area contributed by atoms with Crippen molar-refractivity contribution >= 4 is 23.2 Å². The lowest BCUT2D eigenvalue weighted by molar-refractivity contribution is -0.130. The van der Waals surface area contributed by atoms with Gasteiger partial charge in [0.15, 0.2) is 6.61 Å². The van der Waals surface area contributed by atoms with Crippen molar-refractivity contribution in [2.75, 3.05) is 32.6 Å². The van der Waals surface area contributed by atoms with Gasteiger partial charge in [-0.2, -0.15) is 5.10 Å². The zero-order valence-corrected chi connectivity index (χ0v) is 16.0. The van der Waals surface area contributed by atoms with Gasteiger partial charge in [0.1, 0.15) is 11.6 Å². The standard InChI is InChI=1S/C20H23FN4O3/c1-14(15-4-10-18(11-5-15)28-13-20(27)25(2)3)23-24-19(26)12-22-17-8-6-16(21)7-9-17/h4-11,22H,12-13H2,1-3H3,(H,24,26)/b23-14+. The highest BCUT2D eigenvalue weighted by atomic mass is 19.1. The predicted molar refractivity (Wildman–Crippen MR) is 106 cm³/mol. The molecule has 0 fully saturated rings. The fraction of sp³-hybridized carbons (Fsp3) is 0.250. The molecule has 2 aromatic rings. The Hall–Kier alpha value is -3.42. The number of carbonyl (C=O) groups excluding carboxylic acids is 2. The van der Waals surface area contributed by atoms with E-state index in [-0.39, 0.29) is 30.8 Å². The van der Waals surface area contributed by atoms with Crippen molar-refractivity contribution in [3.8, 4) is 5.75 Å². The number of benzene rings is 2. The number of carbonyl (C=O) groups is 2. The number of ether oxygens (including phenoxy) is 1. The fourth-order valence-corrected chi connectivity index (χ4v) is 2.07. The Morgan fingerprint density at radius 3 is 2.32 bits per heavy atom. The monoisotopic (exact) mass is 386 g/mol. The van der Waals surface area contributed by atoms with Crippen LogP contribution < -0.4 is 15.5 Å². The van der Waals surface area contributed by atoms with Crippen molar-refractivity contribution in [2.45, 2.75) is 6.92 Å². The molecule has 0 saturated heterocycles. The highest BCUT2D eigenvalue weighted by Gasteiger charge is 2.06. The van der Waals surface area contributed by atoms with E-state index in [1.54, 1.807) is 57.4 Å². The van der Waals surface area contributed by atoms with Crippen molar-refractivity contribution in [1.29, 1.82) is 0 Å². The van der Waals surface area contributed by atoms with Gasteiger partial charge in [-0.15, -0.1) is 0 Å². The Labute approximate surface area is 163 Å². The quantitative estimate of drug-likeness (QED) is 0.538. The SMILES string of the molecule is C/C(=N\NC(=O)CNc1ccc(F)cc1)c1ccc(OCC(=O)N(C)C)cc1. The second-order valence-corrected chi connectivity index (χ2v) is 6.19. The fourth-order valence-electron chi connectivity index (χ4n) is 2.07. The molecule has 0 spiro atoms. The Kier molecular flexibility index (Phi) is 7.50. The maximum atomic E-state index is 12.8. The van der Waals surface area contributed by atoms with Gasteiger partial charge < -0.3 is 15.0 Å². The van der Waals surface area contributed by atoms with E-state index in [0.717, 1.165) is 5.56 Å². The molecule has 8 heteroatoms. The van der Waals surface area contributed by atoms with E-state index < -0.39 is 0 Å². The molecule has 0 radical (unpaired) electrons. The molecule has 0 aliphatic carbocycles. The van der Waals surface area contributed by atoms with Gasteiger partial charge in [-0.3, -0.25) is 9.59 Å². The average molecular weight is 386 g/mol. The Balaban J connectivity index is 1.82. The first-order valence-electron chi connectivity index (χ1n) is 8.61. The number of nitrogens with one attached hydrogen (secondary N) is 2.